The average molecular weight is 241 g/mol. The molecule has 4 N–H and O–H groups in total. The van der Waals surface area contributed by atoms with Gasteiger partial charge in [0.2, 0.25) is 5.91 Å². The molecule has 96 valence electrons. The summed E-state index contributed by atoms with van der Waals surface area (Å²) in [6, 6.07) is 0. The van der Waals surface area contributed by atoms with E-state index in [1.54, 1.807) is 0 Å². The van der Waals surface area contributed by atoms with Crippen LogP contribution in [0.4, 0.5) is 4.79 Å². The Kier molecular flexibility index (Phi) is 2.24. The third-order valence-electron chi connectivity index (χ3n) is 3.95. The number of carbonyl (C=O) groups is 2. The zero-order valence-electron chi connectivity index (χ0n) is 10.4. The molecule has 3 aliphatic rings. The van der Waals surface area contributed by atoms with E-state index in [4.69, 9.17) is 5.84 Å². The predicted molar refractivity (Wildman–Crippen MR) is 61.0 cm³/mol. The van der Waals surface area contributed by atoms with E-state index in [1.165, 1.54) is 4.90 Å². The van der Waals surface area contributed by atoms with E-state index >= 15 is 0 Å². The first-order valence-corrected chi connectivity index (χ1v) is 5.71. The van der Waals surface area contributed by atoms with Gasteiger partial charge in [-0.15, -0.1) is 0 Å². The molecule has 0 radical (unpaired) electrons. The van der Waals surface area contributed by atoms with Gasteiger partial charge in [0.15, 0.2) is 0 Å². The number of carbonyl (C=O) groups excluding carboxylic acids is 1. The van der Waals surface area contributed by atoms with Crippen LogP contribution in [0.25, 0.3) is 0 Å². The fourth-order valence-corrected chi connectivity index (χ4v) is 3.57. The maximum absolute atomic E-state index is 11.5. The Morgan fingerprint density at radius 1 is 1.29 bits per heavy atom. The van der Waals surface area contributed by atoms with Crippen molar-refractivity contribution in [2.24, 2.45) is 11.3 Å². The molecule has 2 amide bonds. The number of nitrogens with zero attached hydrogens (tertiary/aromatic N) is 1. The first-order valence-electron chi connectivity index (χ1n) is 5.71. The van der Waals surface area contributed by atoms with Crippen molar-refractivity contribution in [2.45, 2.75) is 51.1 Å². The van der Waals surface area contributed by atoms with Crippen molar-refractivity contribution in [1.29, 1.82) is 0 Å². The minimum atomic E-state index is -0.918. The number of rotatable bonds is 2. The highest BCUT2D eigenvalue weighted by atomic mass is 16.4. The number of hydrazine groups is 1. The Labute approximate surface area is 100 Å². The summed E-state index contributed by atoms with van der Waals surface area (Å²) < 4.78 is 0. The van der Waals surface area contributed by atoms with E-state index in [0.29, 0.717) is 19.3 Å². The summed E-state index contributed by atoms with van der Waals surface area (Å²) in [7, 11) is 0. The lowest BCUT2D eigenvalue weighted by Gasteiger charge is -2.73. The Bertz CT molecular complexity index is 366. The van der Waals surface area contributed by atoms with Gasteiger partial charge in [0, 0.05) is 11.1 Å². The van der Waals surface area contributed by atoms with Gasteiger partial charge in [0.05, 0.1) is 5.41 Å². The zero-order chi connectivity index (χ0) is 13.1. The highest BCUT2D eigenvalue weighted by Gasteiger charge is 2.75. The van der Waals surface area contributed by atoms with Gasteiger partial charge < -0.3 is 5.11 Å². The SMILES string of the molecule is CC(C)(C)N(C(=O)O)C12CC(C(=O)NN)(C1)C2. The van der Waals surface area contributed by atoms with Crippen molar-refractivity contribution in [3.05, 3.63) is 0 Å². The van der Waals surface area contributed by atoms with Gasteiger partial charge in [0.1, 0.15) is 0 Å². The van der Waals surface area contributed by atoms with Gasteiger partial charge in [-0.1, -0.05) is 0 Å². The highest BCUT2D eigenvalue weighted by molar-refractivity contribution is 5.87. The molecule has 3 rings (SSSR count). The first-order chi connectivity index (χ1) is 7.67. The molecule has 2 bridgehead atoms. The Morgan fingerprint density at radius 3 is 2.06 bits per heavy atom. The van der Waals surface area contributed by atoms with Crippen molar-refractivity contribution < 1.29 is 14.7 Å². The molecule has 3 aliphatic carbocycles. The summed E-state index contributed by atoms with van der Waals surface area (Å²) in [6.45, 7) is 5.62. The van der Waals surface area contributed by atoms with Crippen molar-refractivity contribution in [1.82, 2.24) is 10.3 Å². The zero-order valence-corrected chi connectivity index (χ0v) is 10.4. The van der Waals surface area contributed by atoms with Crippen LogP contribution in [0.3, 0.4) is 0 Å². The van der Waals surface area contributed by atoms with Gasteiger partial charge in [0.25, 0.3) is 0 Å². The predicted octanol–water partition coefficient (Wildman–Crippen LogP) is 0.677. The molecule has 0 heterocycles. The monoisotopic (exact) mass is 241 g/mol. The van der Waals surface area contributed by atoms with Crippen LogP contribution < -0.4 is 11.3 Å². The van der Waals surface area contributed by atoms with Gasteiger partial charge in [-0.3, -0.25) is 15.1 Å². The van der Waals surface area contributed by atoms with Crippen LogP contribution in [0.15, 0.2) is 0 Å². The summed E-state index contributed by atoms with van der Waals surface area (Å²) in [4.78, 5) is 24.4. The second-order valence-electron chi connectivity index (χ2n) is 6.30. The van der Waals surface area contributed by atoms with E-state index in [1.807, 2.05) is 20.8 Å². The Morgan fingerprint density at radius 2 is 1.76 bits per heavy atom. The number of nitrogens with one attached hydrogen (secondary N) is 1. The third kappa shape index (κ3) is 1.43. The van der Waals surface area contributed by atoms with E-state index in [9.17, 15) is 14.7 Å². The van der Waals surface area contributed by atoms with Crippen LogP contribution in [-0.2, 0) is 4.79 Å². The maximum atomic E-state index is 11.5. The van der Waals surface area contributed by atoms with E-state index in [-0.39, 0.29) is 11.4 Å². The molecule has 3 saturated carbocycles. The Balaban J connectivity index is 2.13. The number of amides is 2. The van der Waals surface area contributed by atoms with E-state index in [0.717, 1.165) is 0 Å². The highest BCUT2D eigenvalue weighted by Crippen LogP contribution is 2.70. The summed E-state index contributed by atoms with van der Waals surface area (Å²) in [5, 5.41) is 9.31. The lowest BCUT2D eigenvalue weighted by molar-refractivity contribution is -0.223. The summed E-state index contributed by atoms with van der Waals surface area (Å²) in [5.74, 6) is 4.96. The van der Waals surface area contributed by atoms with Crippen molar-refractivity contribution in [3.8, 4) is 0 Å². The molecule has 3 fully saturated rings. The summed E-state index contributed by atoms with van der Waals surface area (Å²) in [6.07, 6.45) is 0.852. The molecule has 6 nitrogen and oxygen atoms in total. The molecule has 0 aliphatic heterocycles. The molecule has 0 atom stereocenters. The molecule has 0 spiro atoms. The number of hydrogen-bond acceptors (Lipinski definition) is 3. The largest absolute Gasteiger partial charge is 0.465 e. The molecule has 0 aromatic heterocycles. The summed E-state index contributed by atoms with van der Waals surface area (Å²) >= 11 is 0. The van der Waals surface area contributed by atoms with Crippen LogP contribution in [-0.4, -0.2) is 33.1 Å². The second kappa shape index (κ2) is 3.13. The van der Waals surface area contributed by atoms with Crippen molar-refractivity contribution >= 4 is 12.0 Å². The quantitative estimate of drug-likeness (QED) is 0.376. The minimum Gasteiger partial charge on any atom is -0.465 e. The number of nitrogens with two attached hydrogens (primary N) is 1. The standard InChI is InChI=1S/C11H19N3O3/c1-9(2,3)14(8(16)17)11-4-10(5-11,6-11)7(15)13-12/h4-6,12H2,1-3H3,(H,13,15)(H,16,17). The van der Waals surface area contributed by atoms with Crippen LogP contribution in [0, 0.1) is 5.41 Å². The fraction of sp³-hybridized carbons (Fsp3) is 0.818. The molecular formula is C11H19N3O3. The maximum Gasteiger partial charge on any atom is 0.408 e. The molecule has 0 aromatic carbocycles. The van der Waals surface area contributed by atoms with Gasteiger partial charge in [-0.2, -0.15) is 0 Å². The smallest absolute Gasteiger partial charge is 0.408 e. The normalized spacial score (nSPS) is 34.4. The molecule has 0 aromatic rings. The molecular weight excluding hydrogens is 222 g/mol. The van der Waals surface area contributed by atoms with Crippen LogP contribution >= 0.6 is 0 Å². The number of hydrogen-bond donors (Lipinski definition) is 3. The van der Waals surface area contributed by atoms with Crippen molar-refractivity contribution in [2.75, 3.05) is 0 Å². The molecule has 0 unspecified atom stereocenters. The number of carboxylic acid groups (broad SMARTS) is 1. The second-order valence-corrected chi connectivity index (χ2v) is 6.30. The molecule has 6 heteroatoms. The Hall–Kier alpha value is -1.30. The lowest BCUT2D eigenvalue weighted by atomic mass is 9.38. The van der Waals surface area contributed by atoms with E-state index < -0.39 is 17.0 Å². The average Bonchev–Trinajstić information content (AvgIpc) is 2.04. The van der Waals surface area contributed by atoms with E-state index in [2.05, 4.69) is 5.43 Å². The summed E-state index contributed by atoms with van der Waals surface area (Å²) in [5.41, 5.74) is 0.958. The van der Waals surface area contributed by atoms with Gasteiger partial charge in [-0.25, -0.2) is 10.6 Å². The minimum absolute atomic E-state index is 0.168. The van der Waals surface area contributed by atoms with Crippen LogP contribution in [0.5, 0.6) is 0 Å². The molecule has 17 heavy (non-hydrogen) atoms. The fourth-order valence-electron chi connectivity index (χ4n) is 3.57. The molecule has 0 saturated heterocycles. The first kappa shape index (κ1) is 12.2. The van der Waals surface area contributed by atoms with Crippen LogP contribution in [0.1, 0.15) is 40.0 Å². The third-order valence-corrected chi connectivity index (χ3v) is 3.95. The topological polar surface area (TPSA) is 95.7 Å². The van der Waals surface area contributed by atoms with Gasteiger partial charge >= 0.3 is 6.09 Å². The van der Waals surface area contributed by atoms with Crippen molar-refractivity contribution in [3.63, 3.8) is 0 Å². The lowest BCUT2D eigenvalue weighted by Crippen LogP contribution is -2.81. The van der Waals surface area contributed by atoms with Gasteiger partial charge in [-0.05, 0) is 40.0 Å². The van der Waals surface area contributed by atoms with Crippen LogP contribution in [0.2, 0.25) is 0 Å².